The Morgan fingerprint density at radius 1 is 0.833 bits per heavy atom. The number of nitrogens with zero attached hydrogens (tertiary/aromatic N) is 1. The second-order valence-electron chi connectivity index (χ2n) is 7.20. The fraction of sp³-hybridized carbons (Fsp3) is 0.217. The van der Waals surface area contributed by atoms with E-state index in [1.54, 1.807) is 12.1 Å². The summed E-state index contributed by atoms with van der Waals surface area (Å²) in [6.07, 6.45) is 2.47. The van der Waals surface area contributed by atoms with Crippen molar-refractivity contribution in [3.8, 4) is 0 Å². The van der Waals surface area contributed by atoms with Gasteiger partial charge in [0.1, 0.15) is 0 Å². The largest absolute Gasteiger partial charge is 0.324 e. The maximum atomic E-state index is 12.8. The minimum atomic E-state index is -0.342. The Bertz CT molecular complexity index is 1010. The molecule has 7 heteroatoms. The predicted octanol–water partition coefficient (Wildman–Crippen LogP) is 5.24. The normalized spacial score (nSPS) is 13.7. The SMILES string of the molecule is O=C(Nc1ccccc1)Nc1ccc(C(=O)Nc2ccccc2CN2CCCC2)s1. The van der Waals surface area contributed by atoms with Gasteiger partial charge in [-0.3, -0.25) is 15.0 Å². The third-order valence-corrected chi connectivity index (χ3v) is 5.96. The first kappa shape index (κ1) is 20.1. The molecule has 2 aromatic carbocycles. The molecule has 0 aliphatic carbocycles. The van der Waals surface area contributed by atoms with Gasteiger partial charge in [-0.1, -0.05) is 36.4 Å². The van der Waals surface area contributed by atoms with Crippen LogP contribution >= 0.6 is 11.3 Å². The van der Waals surface area contributed by atoms with E-state index in [0.717, 1.165) is 30.9 Å². The lowest BCUT2D eigenvalue weighted by molar-refractivity contribution is 0.103. The molecule has 0 unspecified atom stereocenters. The van der Waals surface area contributed by atoms with Gasteiger partial charge in [0.25, 0.3) is 5.91 Å². The van der Waals surface area contributed by atoms with E-state index in [-0.39, 0.29) is 11.9 Å². The summed E-state index contributed by atoms with van der Waals surface area (Å²) in [6.45, 7) is 3.05. The van der Waals surface area contributed by atoms with Crippen LogP contribution in [0.1, 0.15) is 28.1 Å². The topological polar surface area (TPSA) is 73.5 Å². The number of amides is 3. The molecule has 0 atom stereocenters. The molecule has 6 nitrogen and oxygen atoms in total. The Hall–Kier alpha value is -3.16. The van der Waals surface area contributed by atoms with Crippen molar-refractivity contribution in [2.24, 2.45) is 0 Å². The maximum Gasteiger partial charge on any atom is 0.324 e. The lowest BCUT2D eigenvalue weighted by atomic mass is 10.1. The van der Waals surface area contributed by atoms with Gasteiger partial charge < -0.3 is 10.6 Å². The molecule has 0 saturated carbocycles. The summed E-state index contributed by atoms with van der Waals surface area (Å²) in [6, 6.07) is 20.3. The molecule has 1 aliphatic rings. The Labute approximate surface area is 179 Å². The summed E-state index contributed by atoms with van der Waals surface area (Å²) >= 11 is 1.24. The zero-order chi connectivity index (χ0) is 20.8. The van der Waals surface area contributed by atoms with Crippen LogP contribution in [0.15, 0.2) is 66.7 Å². The van der Waals surface area contributed by atoms with Gasteiger partial charge in [0.2, 0.25) is 0 Å². The van der Waals surface area contributed by atoms with Crippen LogP contribution in [0.25, 0.3) is 0 Å². The molecule has 1 saturated heterocycles. The number of likely N-dealkylation sites (tertiary alicyclic amines) is 1. The molecule has 0 radical (unpaired) electrons. The van der Waals surface area contributed by atoms with Gasteiger partial charge >= 0.3 is 6.03 Å². The van der Waals surface area contributed by atoms with E-state index in [1.807, 2.05) is 48.5 Å². The van der Waals surface area contributed by atoms with Crippen molar-refractivity contribution >= 4 is 39.7 Å². The van der Waals surface area contributed by atoms with E-state index < -0.39 is 0 Å². The summed E-state index contributed by atoms with van der Waals surface area (Å²) in [4.78, 5) is 27.8. The fourth-order valence-electron chi connectivity index (χ4n) is 3.47. The van der Waals surface area contributed by atoms with Gasteiger partial charge in [0.15, 0.2) is 0 Å². The maximum absolute atomic E-state index is 12.8. The molecule has 0 bridgehead atoms. The van der Waals surface area contributed by atoms with Gasteiger partial charge in [-0.25, -0.2) is 4.79 Å². The standard InChI is InChI=1S/C23H24N4O2S/c28-22(25-19-11-5-4-8-17(19)16-27-14-6-7-15-27)20-12-13-21(30-20)26-23(29)24-18-9-2-1-3-10-18/h1-5,8-13H,6-7,14-16H2,(H,25,28)(H2,24,26,29). The molecule has 1 fully saturated rings. The van der Waals surface area contributed by atoms with Crippen molar-refractivity contribution in [2.75, 3.05) is 29.0 Å². The number of thiophene rings is 1. The first-order valence-corrected chi connectivity index (χ1v) is 10.8. The highest BCUT2D eigenvalue weighted by atomic mass is 32.1. The second-order valence-corrected chi connectivity index (χ2v) is 8.29. The molecule has 0 spiro atoms. The number of urea groups is 1. The minimum Gasteiger partial charge on any atom is -0.321 e. The Morgan fingerprint density at radius 2 is 1.57 bits per heavy atom. The lowest BCUT2D eigenvalue weighted by Crippen LogP contribution is -2.20. The van der Waals surface area contributed by atoms with Crippen LogP contribution in [0.2, 0.25) is 0 Å². The molecule has 30 heavy (non-hydrogen) atoms. The third kappa shape index (κ3) is 5.25. The van der Waals surface area contributed by atoms with Crippen LogP contribution in [0.5, 0.6) is 0 Å². The smallest absolute Gasteiger partial charge is 0.321 e. The second kappa shape index (κ2) is 9.56. The highest BCUT2D eigenvalue weighted by molar-refractivity contribution is 7.18. The lowest BCUT2D eigenvalue weighted by Gasteiger charge is -2.17. The summed E-state index contributed by atoms with van der Waals surface area (Å²) < 4.78 is 0. The number of rotatable bonds is 6. The molecule has 3 amide bonds. The zero-order valence-electron chi connectivity index (χ0n) is 16.6. The van der Waals surface area contributed by atoms with Crippen LogP contribution in [0.3, 0.4) is 0 Å². The molecule has 3 aromatic rings. The average Bonchev–Trinajstić information content (AvgIpc) is 3.42. The average molecular weight is 421 g/mol. The van der Waals surface area contributed by atoms with Crippen LogP contribution < -0.4 is 16.0 Å². The van der Waals surface area contributed by atoms with Crippen LogP contribution in [-0.2, 0) is 6.54 Å². The van der Waals surface area contributed by atoms with Crippen LogP contribution in [0, 0.1) is 0 Å². The van der Waals surface area contributed by atoms with Crippen LogP contribution in [-0.4, -0.2) is 29.9 Å². The number of nitrogens with one attached hydrogen (secondary N) is 3. The summed E-state index contributed by atoms with van der Waals surface area (Å²) in [7, 11) is 0. The molecule has 4 rings (SSSR count). The van der Waals surface area contributed by atoms with Crippen molar-refractivity contribution < 1.29 is 9.59 Å². The third-order valence-electron chi connectivity index (χ3n) is 4.96. The Morgan fingerprint density at radius 3 is 2.37 bits per heavy atom. The van der Waals surface area contributed by atoms with E-state index in [0.29, 0.717) is 15.6 Å². The first-order valence-electron chi connectivity index (χ1n) is 10.0. The molecule has 3 N–H and O–H groups in total. The predicted molar refractivity (Wildman–Crippen MR) is 122 cm³/mol. The van der Waals surface area contributed by atoms with Crippen molar-refractivity contribution in [3.05, 3.63) is 77.2 Å². The van der Waals surface area contributed by atoms with Crippen molar-refractivity contribution in [1.82, 2.24) is 4.90 Å². The van der Waals surface area contributed by atoms with Crippen molar-refractivity contribution in [1.29, 1.82) is 0 Å². The Kier molecular flexibility index (Phi) is 6.41. The van der Waals surface area contributed by atoms with Gasteiger partial charge in [-0.2, -0.15) is 0 Å². The van der Waals surface area contributed by atoms with Gasteiger partial charge in [-0.05, 0) is 61.8 Å². The number of anilines is 3. The van der Waals surface area contributed by atoms with Crippen molar-refractivity contribution in [3.63, 3.8) is 0 Å². The molecule has 1 aromatic heterocycles. The number of hydrogen-bond donors (Lipinski definition) is 3. The highest BCUT2D eigenvalue weighted by Gasteiger charge is 2.16. The molecule has 1 aliphatic heterocycles. The first-order chi connectivity index (χ1) is 14.7. The Balaban J connectivity index is 1.37. The fourth-order valence-corrected chi connectivity index (χ4v) is 4.27. The molecule has 2 heterocycles. The number of para-hydroxylation sites is 2. The summed E-state index contributed by atoms with van der Waals surface area (Å²) in [5, 5.41) is 9.17. The van der Waals surface area contributed by atoms with E-state index in [4.69, 9.17) is 0 Å². The quantitative estimate of drug-likeness (QED) is 0.511. The highest BCUT2D eigenvalue weighted by Crippen LogP contribution is 2.25. The van der Waals surface area contributed by atoms with E-state index in [9.17, 15) is 9.59 Å². The summed E-state index contributed by atoms with van der Waals surface area (Å²) in [5.41, 5.74) is 2.66. The van der Waals surface area contributed by atoms with Gasteiger partial charge in [0.05, 0.1) is 9.88 Å². The van der Waals surface area contributed by atoms with Crippen LogP contribution in [0.4, 0.5) is 21.2 Å². The van der Waals surface area contributed by atoms with E-state index in [2.05, 4.69) is 26.9 Å². The number of benzene rings is 2. The summed E-state index contributed by atoms with van der Waals surface area (Å²) in [5.74, 6) is -0.176. The number of carbonyl (C=O) groups is 2. The zero-order valence-corrected chi connectivity index (χ0v) is 17.4. The number of carbonyl (C=O) groups excluding carboxylic acids is 2. The number of hydrogen-bond acceptors (Lipinski definition) is 4. The minimum absolute atomic E-state index is 0.176. The molecular weight excluding hydrogens is 396 g/mol. The van der Waals surface area contributed by atoms with E-state index >= 15 is 0 Å². The molecule has 154 valence electrons. The monoisotopic (exact) mass is 420 g/mol. The van der Waals surface area contributed by atoms with Gasteiger partial charge in [-0.15, -0.1) is 11.3 Å². The van der Waals surface area contributed by atoms with Crippen molar-refractivity contribution in [2.45, 2.75) is 19.4 Å². The van der Waals surface area contributed by atoms with Gasteiger partial charge in [0, 0.05) is 17.9 Å². The van der Waals surface area contributed by atoms with E-state index in [1.165, 1.54) is 24.2 Å². The molecular formula is C23H24N4O2S.